The molecule has 0 aliphatic carbocycles. The largest absolute Gasteiger partial charge is 0.444 e. The maximum absolute atomic E-state index is 13.9. The summed E-state index contributed by atoms with van der Waals surface area (Å²) in [6.45, 7) is 5.67. The van der Waals surface area contributed by atoms with Crippen LogP contribution in [-0.2, 0) is 17.7 Å². The summed E-state index contributed by atoms with van der Waals surface area (Å²) in [5.41, 5.74) is 3.15. The average molecular weight is 466 g/mol. The third-order valence-electron chi connectivity index (χ3n) is 5.32. The Morgan fingerprint density at radius 3 is 2.56 bits per heavy atom. The van der Waals surface area contributed by atoms with Crippen molar-refractivity contribution in [1.29, 1.82) is 0 Å². The first kappa shape index (κ1) is 23.4. The lowest BCUT2D eigenvalue weighted by Crippen LogP contribution is -2.36. The Labute approximate surface area is 196 Å². The van der Waals surface area contributed by atoms with Gasteiger partial charge in [0.2, 0.25) is 0 Å². The Bertz CT molecular complexity index is 1230. The molecule has 2 N–H and O–H groups in total. The predicted molar refractivity (Wildman–Crippen MR) is 123 cm³/mol. The Kier molecular flexibility index (Phi) is 6.32. The molecule has 1 aliphatic heterocycles. The fourth-order valence-electron chi connectivity index (χ4n) is 3.97. The van der Waals surface area contributed by atoms with Gasteiger partial charge in [0.1, 0.15) is 17.2 Å². The van der Waals surface area contributed by atoms with Gasteiger partial charge >= 0.3 is 6.09 Å². The van der Waals surface area contributed by atoms with E-state index >= 15 is 0 Å². The lowest BCUT2D eigenvalue weighted by Gasteiger charge is -2.25. The molecule has 8 heteroatoms. The Morgan fingerprint density at radius 2 is 1.85 bits per heavy atom. The van der Waals surface area contributed by atoms with Crippen molar-refractivity contribution in [3.8, 4) is 11.1 Å². The van der Waals surface area contributed by atoms with Crippen LogP contribution in [0.5, 0.6) is 0 Å². The summed E-state index contributed by atoms with van der Waals surface area (Å²) in [4.78, 5) is 29.1. The second kappa shape index (κ2) is 9.21. The molecule has 1 aliphatic rings. The molecular weight excluding hydrogens is 440 g/mol. The van der Waals surface area contributed by atoms with E-state index < -0.39 is 29.4 Å². The summed E-state index contributed by atoms with van der Waals surface area (Å²) in [6.07, 6.45) is 1.01. The number of hydrogen-bond acceptors (Lipinski definition) is 4. The monoisotopic (exact) mass is 465 g/mol. The molecular formula is C26H25F2N3O3. The number of ether oxygens (including phenoxy) is 1. The lowest BCUT2D eigenvalue weighted by molar-refractivity contribution is 0.0502. The summed E-state index contributed by atoms with van der Waals surface area (Å²) in [5.74, 6) is -1.53. The first-order valence-electron chi connectivity index (χ1n) is 10.9. The molecule has 1 unspecified atom stereocenters. The van der Waals surface area contributed by atoms with Gasteiger partial charge in [-0.3, -0.25) is 9.78 Å². The molecule has 6 nitrogen and oxygen atoms in total. The number of hydrogen-bond donors (Lipinski definition) is 2. The third-order valence-corrected chi connectivity index (χ3v) is 5.32. The highest BCUT2D eigenvalue weighted by atomic mass is 19.1. The maximum Gasteiger partial charge on any atom is 0.408 e. The molecule has 1 aromatic heterocycles. The molecule has 0 bridgehead atoms. The molecule has 4 rings (SSSR count). The second-order valence-electron chi connectivity index (χ2n) is 9.17. The number of nitrogens with zero attached hydrogens (tertiary/aromatic N) is 1. The minimum atomic E-state index is -0.736. The molecule has 0 saturated heterocycles. The quantitative estimate of drug-likeness (QED) is 0.551. The summed E-state index contributed by atoms with van der Waals surface area (Å²) in [7, 11) is 0. The number of halogens is 2. The highest BCUT2D eigenvalue weighted by molar-refractivity contribution is 5.99. The van der Waals surface area contributed by atoms with Crippen LogP contribution in [0.15, 0.2) is 54.7 Å². The van der Waals surface area contributed by atoms with Crippen molar-refractivity contribution in [3.63, 3.8) is 0 Å². The van der Waals surface area contributed by atoms with Crippen LogP contribution in [0.4, 0.5) is 13.6 Å². The maximum atomic E-state index is 13.9. The van der Waals surface area contributed by atoms with Gasteiger partial charge < -0.3 is 15.4 Å². The van der Waals surface area contributed by atoms with Gasteiger partial charge in [0.05, 0.1) is 11.7 Å². The summed E-state index contributed by atoms with van der Waals surface area (Å²) >= 11 is 0. The normalized spacial score (nSPS) is 13.7. The minimum absolute atomic E-state index is 0.0862. The summed E-state index contributed by atoms with van der Waals surface area (Å²) in [5, 5.41) is 5.60. The number of rotatable bonds is 5. The number of nitrogens with one attached hydrogen (secondary N) is 2. The van der Waals surface area contributed by atoms with Crippen LogP contribution >= 0.6 is 0 Å². The molecule has 2 aromatic carbocycles. The number of alkyl carbamates (subject to hydrolysis) is 1. The summed E-state index contributed by atoms with van der Waals surface area (Å²) < 4.78 is 33.2. The van der Waals surface area contributed by atoms with E-state index in [0.717, 1.165) is 22.8 Å². The first-order valence-corrected chi connectivity index (χ1v) is 10.9. The number of amides is 2. The highest BCUT2D eigenvalue weighted by Gasteiger charge is 2.25. The molecule has 34 heavy (non-hydrogen) atoms. The van der Waals surface area contributed by atoms with Gasteiger partial charge in [-0.25, -0.2) is 13.6 Å². The summed E-state index contributed by atoms with van der Waals surface area (Å²) in [6, 6.07) is 11.6. The Balaban J connectivity index is 1.74. The zero-order valence-corrected chi connectivity index (χ0v) is 19.1. The van der Waals surface area contributed by atoms with Crippen molar-refractivity contribution in [2.45, 2.75) is 45.4 Å². The van der Waals surface area contributed by atoms with Gasteiger partial charge in [0, 0.05) is 29.9 Å². The smallest absolute Gasteiger partial charge is 0.408 e. The lowest BCUT2D eigenvalue weighted by atomic mass is 9.94. The molecule has 2 amide bonds. The van der Waals surface area contributed by atoms with Crippen LogP contribution in [0.25, 0.3) is 11.1 Å². The van der Waals surface area contributed by atoms with Gasteiger partial charge in [-0.2, -0.15) is 0 Å². The Morgan fingerprint density at radius 1 is 1.12 bits per heavy atom. The highest BCUT2D eigenvalue weighted by Crippen LogP contribution is 2.31. The van der Waals surface area contributed by atoms with Gasteiger partial charge in [-0.05, 0) is 74.2 Å². The fraction of sp³-hybridized carbons (Fsp3) is 0.269. The number of fused-ring (bicyclic) bond motifs is 1. The van der Waals surface area contributed by atoms with E-state index in [4.69, 9.17) is 4.74 Å². The zero-order valence-electron chi connectivity index (χ0n) is 19.1. The zero-order chi connectivity index (χ0) is 24.5. The standard InChI is InChI=1S/C26H25F2N3O3/c1-26(2,3)34-25(33)31-22(11-15-9-18(27)13-19(28)10-15)23-20(5-4-8-29-23)16-6-7-21-17(12-16)14-30-24(21)32/h4-10,12-13,22H,11,14H2,1-3H3,(H,30,32)(H,31,33). The van der Waals surface area contributed by atoms with Crippen LogP contribution in [-0.4, -0.2) is 22.6 Å². The van der Waals surface area contributed by atoms with E-state index in [0.29, 0.717) is 23.4 Å². The van der Waals surface area contributed by atoms with Crippen molar-refractivity contribution in [2.24, 2.45) is 0 Å². The van der Waals surface area contributed by atoms with E-state index in [1.165, 1.54) is 12.1 Å². The van der Waals surface area contributed by atoms with Gasteiger partial charge in [0.25, 0.3) is 5.91 Å². The average Bonchev–Trinajstić information content (AvgIpc) is 3.11. The molecule has 0 spiro atoms. The van der Waals surface area contributed by atoms with Crippen LogP contribution < -0.4 is 10.6 Å². The Hall–Kier alpha value is -3.81. The SMILES string of the molecule is CC(C)(C)OC(=O)NC(Cc1cc(F)cc(F)c1)c1ncccc1-c1ccc2c(c1)CNC2=O. The number of benzene rings is 2. The van der Waals surface area contributed by atoms with Crippen LogP contribution in [0.3, 0.4) is 0 Å². The number of aromatic nitrogens is 1. The van der Waals surface area contributed by atoms with E-state index in [2.05, 4.69) is 15.6 Å². The molecule has 0 radical (unpaired) electrons. The van der Waals surface area contributed by atoms with Crippen molar-refractivity contribution < 1.29 is 23.1 Å². The van der Waals surface area contributed by atoms with Crippen molar-refractivity contribution in [1.82, 2.24) is 15.6 Å². The molecule has 176 valence electrons. The van der Waals surface area contributed by atoms with Gasteiger partial charge in [0.15, 0.2) is 0 Å². The van der Waals surface area contributed by atoms with E-state index in [1.54, 1.807) is 39.1 Å². The molecule has 2 heterocycles. The number of carbonyl (C=O) groups excluding carboxylic acids is 2. The van der Waals surface area contributed by atoms with Gasteiger partial charge in [-0.1, -0.05) is 12.1 Å². The third kappa shape index (κ3) is 5.39. The van der Waals surface area contributed by atoms with Crippen LogP contribution in [0, 0.1) is 11.6 Å². The molecule has 0 saturated carbocycles. The van der Waals surface area contributed by atoms with Crippen molar-refractivity contribution in [3.05, 3.63) is 88.7 Å². The molecule has 3 aromatic rings. The topological polar surface area (TPSA) is 80.3 Å². The fourth-order valence-corrected chi connectivity index (χ4v) is 3.97. The second-order valence-corrected chi connectivity index (χ2v) is 9.17. The van der Waals surface area contributed by atoms with E-state index in [9.17, 15) is 18.4 Å². The first-order chi connectivity index (χ1) is 16.1. The van der Waals surface area contributed by atoms with Crippen LogP contribution in [0.2, 0.25) is 0 Å². The van der Waals surface area contributed by atoms with E-state index in [1.807, 2.05) is 18.2 Å². The minimum Gasteiger partial charge on any atom is -0.444 e. The molecule has 1 atom stereocenters. The van der Waals surface area contributed by atoms with Gasteiger partial charge in [-0.15, -0.1) is 0 Å². The molecule has 0 fully saturated rings. The van der Waals surface area contributed by atoms with Crippen molar-refractivity contribution >= 4 is 12.0 Å². The number of carbonyl (C=O) groups is 2. The predicted octanol–water partition coefficient (Wildman–Crippen LogP) is 5.08. The van der Waals surface area contributed by atoms with Crippen molar-refractivity contribution in [2.75, 3.05) is 0 Å². The number of pyridine rings is 1. The van der Waals surface area contributed by atoms with Crippen LogP contribution in [0.1, 0.15) is 54.0 Å². The van der Waals surface area contributed by atoms with E-state index in [-0.39, 0.29) is 12.3 Å².